The SMILES string of the molecule is CCNC(C)(C#N)CC(C)N(C)C1CCC(C)CC1. The van der Waals surface area contributed by atoms with Crippen LogP contribution in [0, 0.1) is 17.2 Å². The Bertz CT molecular complexity index is 302. The molecule has 2 unspecified atom stereocenters. The van der Waals surface area contributed by atoms with Crippen molar-refractivity contribution in [1.82, 2.24) is 10.2 Å². The first-order chi connectivity index (χ1) is 8.91. The summed E-state index contributed by atoms with van der Waals surface area (Å²) in [4.78, 5) is 2.50. The lowest BCUT2D eigenvalue weighted by Crippen LogP contribution is -2.49. The summed E-state index contributed by atoms with van der Waals surface area (Å²) in [7, 11) is 2.23. The van der Waals surface area contributed by atoms with Gasteiger partial charge in [0.1, 0.15) is 5.54 Å². The Morgan fingerprint density at radius 3 is 2.42 bits per heavy atom. The zero-order valence-corrected chi connectivity index (χ0v) is 13.4. The maximum Gasteiger partial charge on any atom is 0.105 e. The fourth-order valence-electron chi connectivity index (χ4n) is 3.29. The molecule has 1 aliphatic rings. The molecule has 110 valence electrons. The molecular formula is C16H31N3. The highest BCUT2D eigenvalue weighted by molar-refractivity contribution is 5.05. The van der Waals surface area contributed by atoms with Crippen LogP contribution in [0.15, 0.2) is 0 Å². The number of hydrogen-bond acceptors (Lipinski definition) is 3. The highest BCUT2D eigenvalue weighted by atomic mass is 15.2. The van der Waals surface area contributed by atoms with Gasteiger partial charge in [-0.25, -0.2) is 0 Å². The van der Waals surface area contributed by atoms with Crippen molar-refractivity contribution in [2.75, 3.05) is 13.6 Å². The first-order valence-electron chi connectivity index (χ1n) is 7.80. The summed E-state index contributed by atoms with van der Waals surface area (Å²) in [6.07, 6.45) is 6.22. The fraction of sp³-hybridized carbons (Fsp3) is 0.938. The molecule has 1 aliphatic carbocycles. The van der Waals surface area contributed by atoms with E-state index in [9.17, 15) is 5.26 Å². The van der Waals surface area contributed by atoms with Gasteiger partial charge in [-0.3, -0.25) is 5.32 Å². The summed E-state index contributed by atoms with van der Waals surface area (Å²) >= 11 is 0. The van der Waals surface area contributed by atoms with Crippen LogP contribution in [0.3, 0.4) is 0 Å². The van der Waals surface area contributed by atoms with E-state index in [0.717, 1.165) is 18.9 Å². The second kappa shape index (κ2) is 7.26. The second-order valence-corrected chi connectivity index (χ2v) is 6.61. The Morgan fingerprint density at radius 2 is 1.95 bits per heavy atom. The van der Waals surface area contributed by atoms with Crippen molar-refractivity contribution in [2.45, 2.75) is 77.4 Å². The Balaban J connectivity index is 2.52. The average Bonchev–Trinajstić information content (AvgIpc) is 2.39. The molecule has 19 heavy (non-hydrogen) atoms. The molecule has 0 aromatic carbocycles. The normalized spacial score (nSPS) is 28.7. The molecule has 0 aromatic rings. The molecule has 0 saturated heterocycles. The number of nitrogens with one attached hydrogen (secondary N) is 1. The summed E-state index contributed by atoms with van der Waals surface area (Å²) in [5, 5.41) is 12.7. The summed E-state index contributed by atoms with van der Waals surface area (Å²) in [6.45, 7) is 9.54. The van der Waals surface area contributed by atoms with E-state index in [1.165, 1.54) is 25.7 Å². The van der Waals surface area contributed by atoms with E-state index in [0.29, 0.717) is 12.1 Å². The number of rotatable bonds is 6. The maximum atomic E-state index is 9.36. The van der Waals surface area contributed by atoms with Gasteiger partial charge < -0.3 is 4.90 Å². The van der Waals surface area contributed by atoms with E-state index in [1.54, 1.807) is 0 Å². The van der Waals surface area contributed by atoms with Gasteiger partial charge in [-0.2, -0.15) is 5.26 Å². The minimum absolute atomic E-state index is 0.398. The highest BCUT2D eigenvalue weighted by Gasteiger charge is 2.30. The van der Waals surface area contributed by atoms with Gasteiger partial charge in [-0.1, -0.05) is 13.8 Å². The van der Waals surface area contributed by atoms with Crippen LogP contribution in [0.2, 0.25) is 0 Å². The van der Waals surface area contributed by atoms with E-state index in [4.69, 9.17) is 0 Å². The molecule has 1 saturated carbocycles. The van der Waals surface area contributed by atoms with Gasteiger partial charge in [-0.15, -0.1) is 0 Å². The molecule has 0 bridgehead atoms. The van der Waals surface area contributed by atoms with E-state index in [1.807, 2.05) is 6.92 Å². The summed E-state index contributed by atoms with van der Waals surface area (Å²) in [6, 6.07) is 3.59. The molecule has 3 nitrogen and oxygen atoms in total. The van der Waals surface area contributed by atoms with Crippen LogP contribution < -0.4 is 5.32 Å². The summed E-state index contributed by atoms with van der Waals surface area (Å²) in [5.74, 6) is 0.895. The van der Waals surface area contributed by atoms with Crippen molar-refractivity contribution in [3.8, 4) is 6.07 Å². The van der Waals surface area contributed by atoms with Gasteiger partial charge >= 0.3 is 0 Å². The van der Waals surface area contributed by atoms with Crippen molar-refractivity contribution < 1.29 is 0 Å². The van der Waals surface area contributed by atoms with Crippen molar-refractivity contribution in [3.63, 3.8) is 0 Å². The zero-order chi connectivity index (χ0) is 14.5. The number of nitriles is 1. The second-order valence-electron chi connectivity index (χ2n) is 6.61. The van der Waals surface area contributed by atoms with Crippen LogP contribution in [0.5, 0.6) is 0 Å². The van der Waals surface area contributed by atoms with E-state index in [2.05, 4.69) is 44.1 Å². The Hall–Kier alpha value is -0.590. The van der Waals surface area contributed by atoms with Crippen LogP contribution >= 0.6 is 0 Å². The zero-order valence-electron chi connectivity index (χ0n) is 13.4. The molecule has 0 amide bonds. The van der Waals surface area contributed by atoms with Crippen LogP contribution in [0.25, 0.3) is 0 Å². The first-order valence-corrected chi connectivity index (χ1v) is 7.80. The molecule has 0 spiro atoms. The van der Waals surface area contributed by atoms with Gasteiger partial charge in [0.15, 0.2) is 0 Å². The van der Waals surface area contributed by atoms with Crippen molar-refractivity contribution in [3.05, 3.63) is 0 Å². The molecule has 1 fully saturated rings. The lowest BCUT2D eigenvalue weighted by Gasteiger charge is -2.39. The Kier molecular flexibility index (Phi) is 6.29. The van der Waals surface area contributed by atoms with Crippen molar-refractivity contribution in [1.29, 1.82) is 5.26 Å². The van der Waals surface area contributed by atoms with Crippen molar-refractivity contribution >= 4 is 0 Å². The summed E-state index contributed by atoms with van der Waals surface area (Å²) < 4.78 is 0. The monoisotopic (exact) mass is 265 g/mol. The lowest BCUT2D eigenvalue weighted by atomic mass is 9.85. The standard InChI is InChI=1S/C16H31N3/c1-6-18-16(4,12-17)11-14(3)19(5)15-9-7-13(2)8-10-15/h13-15,18H,6-11H2,1-5H3. The third-order valence-corrected chi connectivity index (χ3v) is 4.77. The predicted octanol–water partition coefficient (Wildman–Crippen LogP) is 3.17. The molecule has 0 heterocycles. The molecule has 1 rings (SSSR count). The van der Waals surface area contributed by atoms with Gasteiger partial charge in [0.05, 0.1) is 6.07 Å². The highest BCUT2D eigenvalue weighted by Crippen LogP contribution is 2.28. The van der Waals surface area contributed by atoms with E-state index in [-0.39, 0.29) is 0 Å². The van der Waals surface area contributed by atoms with Crippen LogP contribution in [-0.2, 0) is 0 Å². The Morgan fingerprint density at radius 1 is 1.37 bits per heavy atom. The van der Waals surface area contributed by atoms with Crippen molar-refractivity contribution in [2.24, 2.45) is 5.92 Å². The largest absolute Gasteiger partial charge is 0.301 e. The summed E-state index contributed by atoms with van der Waals surface area (Å²) in [5.41, 5.74) is -0.398. The molecule has 0 aromatic heterocycles. The quantitative estimate of drug-likeness (QED) is 0.802. The fourth-order valence-corrected chi connectivity index (χ4v) is 3.29. The first kappa shape index (κ1) is 16.5. The van der Waals surface area contributed by atoms with E-state index < -0.39 is 5.54 Å². The minimum atomic E-state index is -0.398. The third-order valence-electron chi connectivity index (χ3n) is 4.77. The van der Waals surface area contributed by atoms with Gasteiger partial charge in [0.25, 0.3) is 0 Å². The maximum absolute atomic E-state index is 9.36. The lowest BCUT2D eigenvalue weighted by molar-refractivity contribution is 0.115. The molecule has 3 heteroatoms. The number of nitrogens with zero attached hydrogens (tertiary/aromatic N) is 2. The minimum Gasteiger partial charge on any atom is -0.301 e. The topological polar surface area (TPSA) is 39.1 Å². The predicted molar refractivity (Wildman–Crippen MR) is 81.0 cm³/mol. The molecular weight excluding hydrogens is 234 g/mol. The van der Waals surface area contributed by atoms with Crippen LogP contribution in [0.1, 0.15) is 59.8 Å². The third kappa shape index (κ3) is 4.78. The molecule has 0 radical (unpaired) electrons. The number of hydrogen-bond donors (Lipinski definition) is 1. The van der Waals surface area contributed by atoms with E-state index >= 15 is 0 Å². The Labute approximate surface area is 119 Å². The van der Waals surface area contributed by atoms with Gasteiger partial charge in [-0.05, 0) is 65.5 Å². The average molecular weight is 265 g/mol. The van der Waals surface area contributed by atoms with Gasteiger partial charge in [0, 0.05) is 12.1 Å². The van der Waals surface area contributed by atoms with Crippen LogP contribution in [0.4, 0.5) is 0 Å². The molecule has 2 atom stereocenters. The van der Waals surface area contributed by atoms with Gasteiger partial charge in [0.2, 0.25) is 0 Å². The molecule has 0 aliphatic heterocycles. The smallest absolute Gasteiger partial charge is 0.105 e. The molecule has 1 N–H and O–H groups in total. The van der Waals surface area contributed by atoms with Crippen LogP contribution in [-0.4, -0.2) is 36.1 Å².